The number of carbonyl (C=O) groups excluding carboxylic acids is 1. The van der Waals surface area contributed by atoms with Gasteiger partial charge in [0, 0.05) is 6.04 Å². The van der Waals surface area contributed by atoms with E-state index in [1.165, 1.54) is 0 Å². The molecule has 0 spiro atoms. The molecule has 1 rings (SSSR count). The van der Waals surface area contributed by atoms with Gasteiger partial charge in [-0.1, -0.05) is 26.2 Å². The number of hydrogen-bond acceptors (Lipinski definition) is 7. The van der Waals surface area contributed by atoms with E-state index in [2.05, 4.69) is 12.2 Å². The van der Waals surface area contributed by atoms with Crippen molar-refractivity contribution in [2.75, 3.05) is 6.61 Å². The minimum absolute atomic E-state index is 0.0936. The Morgan fingerprint density at radius 3 is 2.50 bits per heavy atom. The normalized spacial score (nSPS) is 33.3. The Kier molecular flexibility index (Phi) is 8.05. The van der Waals surface area contributed by atoms with Crippen molar-refractivity contribution >= 4 is 6.09 Å². The Morgan fingerprint density at radius 1 is 1.23 bits per heavy atom. The molecule has 1 aliphatic rings. The molecule has 0 radical (unpaired) electrons. The summed E-state index contributed by atoms with van der Waals surface area (Å²) in [6.07, 6.45) is -4.00. The highest BCUT2D eigenvalue weighted by Crippen LogP contribution is 2.22. The molecule has 0 aromatic heterocycles. The maximum atomic E-state index is 11.8. The molecule has 6 atom stereocenters. The zero-order valence-electron chi connectivity index (χ0n) is 13.0. The van der Waals surface area contributed by atoms with Crippen LogP contribution in [0, 0.1) is 0 Å². The van der Waals surface area contributed by atoms with E-state index in [0.717, 1.165) is 25.7 Å². The first kappa shape index (κ1) is 19.1. The second-order valence-corrected chi connectivity index (χ2v) is 5.64. The second kappa shape index (κ2) is 9.26. The van der Waals surface area contributed by atoms with Crippen molar-refractivity contribution in [3.05, 3.63) is 0 Å². The summed E-state index contributed by atoms with van der Waals surface area (Å²) in [4.78, 5) is 11.8. The van der Waals surface area contributed by atoms with E-state index in [1.807, 2.05) is 6.92 Å². The van der Waals surface area contributed by atoms with Crippen LogP contribution in [0.2, 0.25) is 0 Å². The number of hydrogen-bond donors (Lipinski definition) is 5. The molecule has 1 amide bonds. The van der Waals surface area contributed by atoms with Crippen LogP contribution in [0.3, 0.4) is 0 Å². The maximum absolute atomic E-state index is 11.8. The van der Waals surface area contributed by atoms with Gasteiger partial charge in [-0.2, -0.15) is 0 Å². The lowest BCUT2D eigenvalue weighted by Gasteiger charge is -2.39. The molecule has 0 aliphatic carbocycles. The molecule has 0 saturated carbocycles. The van der Waals surface area contributed by atoms with E-state index in [4.69, 9.17) is 14.6 Å². The molecule has 1 heterocycles. The molecule has 130 valence electrons. The second-order valence-electron chi connectivity index (χ2n) is 5.64. The highest BCUT2D eigenvalue weighted by Gasteiger charge is 2.45. The van der Waals surface area contributed by atoms with Gasteiger partial charge >= 0.3 is 6.09 Å². The quantitative estimate of drug-likeness (QED) is 0.399. The smallest absolute Gasteiger partial charge is 0.409 e. The van der Waals surface area contributed by atoms with Gasteiger partial charge < -0.3 is 35.2 Å². The lowest BCUT2D eigenvalue weighted by Crippen LogP contribution is -2.60. The molecule has 0 aromatic rings. The van der Waals surface area contributed by atoms with Crippen molar-refractivity contribution < 1.29 is 34.7 Å². The Bertz CT molecular complexity index is 339. The highest BCUT2D eigenvalue weighted by atomic mass is 16.7. The summed E-state index contributed by atoms with van der Waals surface area (Å²) in [5.74, 6) is 0. The largest absolute Gasteiger partial charge is 0.417 e. The molecule has 1 unspecified atom stereocenters. The summed E-state index contributed by atoms with van der Waals surface area (Å²) in [7, 11) is 0. The van der Waals surface area contributed by atoms with E-state index < -0.39 is 43.4 Å². The summed E-state index contributed by atoms with van der Waals surface area (Å²) < 4.78 is 10.0. The summed E-state index contributed by atoms with van der Waals surface area (Å²) >= 11 is 0. The summed E-state index contributed by atoms with van der Waals surface area (Å²) in [6, 6.07) is -0.0936. The van der Waals surface area contributed by atoms with Gasteiger partial charge in [-0.3, -0.25) is 0 Å². The average molecular weight is 321 g/mol. The van der Waals surface area contributed by atoms with E-state index in [0.29, 0.717) is 0 Å². The van der Waals surface area contributed by atoms with Crippen LogP contribution < -0.4 is 5.32 Å². The van der Waals surface area contributed by atoms with Crippen molar-refractivity contribution in [1.82, 2.24) is 5.32 Å². The summed E-state index contributed by atoms with van der Waals surface area (Å²) in [5.41, 5.74) is 0. The van der Waals surface area contributed by atoms with Crippen molar-refractivity contribution in [3.63, 3.8) is 0 Å². The molecule has 8 nitrogen and oxygen atoms in total. The fourth-order valence-corrected chi connectivity index (χ4v) is 2.28. The standard InChI is InChI=1S/C14H27NO7/c1-3-4-5-6-8(2)15-14(20)22-13-12(19)11(18)10(17)9(7-16)21-13/h8-13,16-19H,3-7H2,1-2H3,(H,15,20)/t8?,9-,10-,11+,12-,13-/m0/s1. The van der Waals surface area contributed by atoms with Crippen molar-refractivity contribution in [2.24, 2.45) is 0 Å². The first-order valence-corrected chi connectivity index (χ1v) is 7.68. The minimum atomic E-state index is -1.58. The number of alkyl carbamates (subject to hydrolysis) is 1. The van der Waals surface area contributed by atoms with Gasteiger partial charge in [0.2, 0.25) is 6.29 Å². The molecule has 22 heavy (non-hydrogen) atoms. The van der Waals surface area contributed by atoms with E-state index in [9.17, 15) is 20.1 Å². The molecule has 1 aliphatic heterocycles. The molecule has 8 heteroatoms. The topological polar surface area (TPSA) is 128 Å². The van der Waals surface area contributed by atoms with E-state index in [-0.39, 0.29) is 6.04 Å². The van der Waals surface area contributed by atoms with Crippen LogP contribution >= 0.6 is 0 Å². The molecular formula is C14H27NO7. The van der Waals surface area contributed by atoms with Gasteiger partial charge in [0.15, 0.2) is 0 Å². The molecule has 5 N–H and O–H groups in total. The number of amides is 1. The zero-order chi connectivity index (χ0) is 16.7. The molecular weight excluding hydrogens is 294 g/mol. The number of nitrogens with one attached hydrogen (secondary N) is 1. The van der Waals surface area contributed by atoms with Gasteiger partial charge in [-0.15, -0.1) is 0 Å². The van der Waals surface area contributed by atoms with Gasteiger partial charge in [0.1, 0.15) is 24.4 Å². The predicted molar refractivity (Wildman–Crippen MR) is 77.0 cm³/mol. The Balaban J connectivity index is 2.45. The van der Waals surface area contributed by atoms with E-state index >= 15 is 0 Å². The first-order chi connectivity index (χ1) is 10.4. The SMILES string of the molecule is CCCCCC(C)NC(=O)O[C@@H]1O[C@@H](CO)[C@H](O)[C@@H](O)[C@@H]1O. The van der Waals surface area contributed by atoms with Crippen molar-refractivity contribution in [1.29, 1.82) is 0 Å². The number of aliphatic hydroxyl groups excluding tert-OH is 4. The van der Waals surface area contributed by atoms with Crippen LogP contribution in [0.5, 0.6) is 0 Å². The van der Waals surface area contributed by atoms with Crippen LogP contribution in [0.25, 0.3) is 0 Å². The zero-order valence-corrected chi connectivity index (χ0v) is 13.0. The van der Waals surface area contributed by atoms with Crippen LogP contribution in [0.4, 0.5) is 4.79 Å². The Morgan fingerprint density at radius 2 is 1.91 bits per heavy atom. The van der Waals surface area contributed by atoms with Crippen LogP contribution in [0.1, 0.15) is 39.5 Å². The van der Waals surface area contributed by atoms with Gasteiger partial charge in [0.25, 0.3) is 0 Å². The molecule has 0 aromatic carbocycles. The molecule has 1 fully saturated rings. The number of aliphatic hydroxyl groups is 4. The third-order valence-corrected chi connectivity index (χ3v) is 3.68. The fraction of sp³-hybridized carbons (Fsp3) is 0.929. The molecule has 0 bridgehead atoms. The lowest BCUT2D eigenvalue weighted by molar-refractivity contribution is -0.284. The van der Waals surface area contributed by atoms with Crippen LogP contribution in [-0.4, -0.2) is 69.9 Å². The Labute approximate surface area is 130 Å². The Hall–Kier alpha value is -0.930. The number of ether oxygens (including phenoxy) is 2. The summed E-state index contributed by atoms with van der Waals surface area (Å²) in [5, 5.41) is 40.6. The molecule has 1 saturated heterocycles. The van der Waals surface area contributed by atoms with Crippen LogP contribution in [-0.2, 0) is 9.47 Å². The number of rotatable bonds is 7. The highest BCUT2D eigenvalue weighted by molar-refractivity contribution is 5.67. The van der Waals surface area contributed by atoms with Gasteiger partial charge in [0.05, 0.1) is 6.61 Å². The van der Waals surface area contributed by atoms with Crippen LogP contribution in [0.15, 0.2) is 0 Å². The lowest BCUT2D eigenvalue weighted by atomic mass is 9.99. The van der Waals surface area contributed by atoms with Crippen molar-refractivity contribution in [2.45, 2.75) is 76.3 Å². The first-order valence-electron chi connectivity index (χ1n) is 7.68. The van der Waals surface area contributed by atoms with E-state index in [1.54, 1.807) is 0 Å². The third kappa shape index (κ3) is 5.36. The number of unbranched alkanes of at least 4 members (excludes halogenated alkanes) is 2. The predicted octanol–water partition coefficient (Wildman–Crippen LogP) is -0.519. The van der Waals surface area contributed by atoms with Gasteiger partial charge in [-0.05, 0) is 13.3 Å². The minimum Gasteiger partial charge on any atom is -0.417 e. The fourth-order valence-electron chi connectivity index (χ4n) is 2.28. The van der Waals surface area contributed by atoms with Crippen molar-refractivity contribution in [3.8, 4) is 0 Å². The maximum Gasteiger partial charge on any atom is 0.409 e. The van der Waals surface area contributed by atoms with Gasteiger partial charge in [-0.25, -0.2) is 4.79 Å². The monoisotopic (exact) mass is 321 g/mol. The third-order valence-electron chi connectivity index (χ3n) is 3.68. The number of carbonyl (C=O) groups is 1. The summed E-state index contributed by atoms with van der Waals surface area (Å²) in [6.45, 7) is 3.36. The average Bonchev–Trinajstić information content (AvgIpc) is 2.48.